The van der Waals surface area contributed by atoms with Gasteiger partial charge in [0, 0.05) is 50.5 Å². The molecule has 1 aromatic heterocycles. The van der Waals surface area contributed by atoms with Crippen LogP contribution < -0.4 is 5.32 Å². The van der Waals surface area contributed by atoms with Crippen LogP contribution in [-0.4, -0.2) is 92.7 Å². The molecule has 0 unspecified atom stereocenters. The molecule has 44 heavy (non-hydrogen) atoms. The van der Waals surface area contributed by atoms with Crippen molar-refractivity contribution in [3.05, 3.63) is 65.5 Å². The number of fused-ring (bicyclic) bond motifs is 1. The first-order chi connectivity index (χ1) is 20.8. The number of hydrogen-bond donors (Lipinski definition) is 1. The molecule has 3 amide bonds. The zero-order valence-electron chi connectivity index (χ0n) is 26.7. The molecule has 2 aromatic carbocycles. The normalized spacial score (nSPS) is 13.0. The Bertz CT molecular complexity index is 1430. The van der Waals surface area contributed by atoms with Crippen molar-refractivity contribution >= 4 is 23.6 Å². The van der Waals surface area contributed by atoms with Gasteiger partial charge >= 0.3 is 6.09 Å². The lowest BCUT2D eigenvalue weighted by atomic mass is 10.1. The summed E-state index contributed by atoms with van der Waals surface area (Å²) in [5.74, 6) is -0.143. The number of nitrogens with zero attached hydrogens (tertiary/aromatic N) is 6. The molecule has 236 valence electrons. The molecule has 0 saturated carbocycles. The average Bonchev–Trinajstić information content (AvgIpc) is 3.65. The number of amides is 3. The van der Waals surface area contributed by atoms with E-state index >= 15 is 0 Å². The molecule has 3 aromatic rings. The molecular formula is C32H43N7O5. The van der Waals surface area contributed by atoms with Crippen molar-refractivity contribution in [3.63, 3.8) is 0 Å². The lowest BCUT2D eigenvalue weighted by Crippen LogP contribution is -2.51. The van der Waals surface area contributed by atoms with Crippen LogP contribution in [0.4, 0.5) is 10.5 Å². The summed E-state index contributed by atoms with van der Waals surface area (Å²) in [6.45, 7) is 12.5. The van der Waals surface area contributed by atoms with Gasteiger partial charge in [0.25, 0.3) is 11.8 Å². The number of hydrogen-bond acceptors (Lipinski definition) is 9. The summed E-state index contributed by atoms with van der Waals surface area (Å²) in [7, 11) is 1.72. The summed E-state index contributed by atoms with van der Waals surface area (Å²) in [4.78, 5) is 47.3. The molecule has 0 saturated heterocycles. The smallest absolute Gasteiger partial charge is 0.410 e. The van der Waals surface area contributed by atoms with Crippen molar-refractivity contribution < 1.29 is 23.6 Å². The molecule has 1 aliphatic rings. The highest BCUT2D eigenvalue weighted by Crippen LogP contribution is 2.25. The summed E-state index contributed by atoms with van der Waals surface area (Å²) < 4.78 is 10.8. The zero-order valence-corrected chi connectivity index (χ0v) is 26.7. The molecule has 0 bridgehead atoms. The number of carbonyl (C=O) groups is 3. The maximum Gasteiger partial charge on any atom is 0.410 e. The Morgan fingerprint density at radius 1 is 1.05 bits per heavy atom. The third-order valence-corrected chi connectivity index (χ3v) is 7.43. The van der Waals surface area contributed by atoms with E-state index in [-0.39, 0.29) is 44.0 Å². The number of carbonyl (C=O) groups excluding carboxylic acids is 3. The fourth-order valence-electron chi connectivity index (χ4n) is 4.88. The lowest BCUT2D eigenvalue weighted by Gasteiger charge is -2.33. The first-order valence-corrected chi connectivity index (χ1v) is 14.8. The Balaban J connectivity index is 1.48. The van der Waals surface area contributed by atoms with E-state index in [1.54, 1.807) is 17.0 Å². The second-order valence-corrected chi connectivity index (χ2v) is 12.2. The summed E-state index contributed by atoms with van der Waals surface area (Å²) in [5, 5.41) is 10.4. The first-order valence-electron chi connectivity index (χ1n) is 14.8. The molecule has 0 spiro atoms. The van der Waals surface area contributed by atoms with E-state index in [2.05, 4.69) is 27.6 Å². The van der Waals surface area contributed by atoms with Crippen LogP contribution in [0, 0.1) is 6.92 Å². The molecule has 4 rings (SSSR count). The molecule has 0 radical (unpaired) electrons. The number of hydrazine groups is 1. The predicted octanol–water partition coefficient (Wildman–Crippen LogP) is 4.32. The SMILES string of the molecule is Cc1ccc(-c2ncno2)cc1NCC(=O)N(CCN(C(=O)OC(C)(C)C)C(C)C)CC(=O)N(C)N1Cc2ccccc2C1. The minimum absolute atomic E-state index is 0.0611. The van der Waals surface area contributed by atoms with E-state index in [0.29, 0.717) is 24.5 Å². The van der Waals surface area contributed by atoms with Crippen LogP contribution in [0.5, 0.6) is 0 Å². The largest absolute Gasteiger partial charge is 0.444 e. The van der Waals surface area contributed by atoms with Crippen LogP contribution in [-0.2, 0) is 27.4 Å². The minimum Gasteiger partial charge on any atom is -0.444 e. The van der Waals surface area contributed by atoms with Crippen LogP contribution >= 0.6 is 0 Å². The Morgan fingerprint density at radius 3 is 2.32 bits per heavy atom. The van der Waals surface area contributed by atoms with Gasteiger partial charge in [-0.25, -0.2) is 9.80 Å². The third kappa shape index (κ3) is 8.34. The van der Waals surface area contributed by atoms with Gasteiger partial charge in [0.05, 0.1) is 6.54 Å². The Labute approximate surface area is 258 Å². The fourth-order valence-corrected chi connectivity index (χ4v) is 4.88. The van der Waals surface area contributed by atoms with Crippen LogP contribution in [0.1, 0.15) is 51.3 Å². The van der Waals surface area contributed by atoms with Crippen LogP contribution in [0.2, 0.25) is 0 Å². The van der Waals surface area contributed by atoms with E-state index in [9.17, 15) is 14.4 Å². The summed E-state index contributed by atoms with van der Waals surface area (Å²) in [6.07, 6.45) is 0.862. The molecule has 12 heteroatoms. The number of ether oxygens (including phenoxy) is 1. The Hall–Kier alpha value is -4.45. The number of anilines is 1. The van der Waals surface area contributed by atoms with E-state index in [4.69, 9.17) is 9.26 Å². The van der Waals surface area contributed by atoms with Gasteiger partial charge in [-0.05, 0) is 70.4 Å². The number of aryl methyl sites for hydroxylation is 1. The van der Waals surface area contributed by atoms with E-state index < -0.39 is 11.7 Å². The molecule has 1 aliphatic heterocycles. The van der Waals surface area contributed by atoms with Crippen molar-refractivity contribution in [2.45, 2.75) is 66.3 Å². The monoisotopic (exact) mass is 605 g/mol. The van der Waals surface area contributed by atoms with Crippen LogP contribution in [0.25, 0.3) is 11.5 Å². The van der Waals surface area contributed by atoms with Gasteiger partial charge in [-0.1, -0.05) is 35.5 Å². The van der Waals surface area contributed by atoms with Gasteiger partial charge in [0.2, 0.25) is 5.91 Å². The summed E-state index contributed by atoms with van der Waals surface area (Å²) in [6, 6.07) is 13.5. The Kier molecular flexibility index (Phi) is 10.3. The molecule has 0 aliphatic carbocycles. The highest BCUT2D eigenvalue weighted by molar-refractivity contribution is 5.87. The highest BCUT2D eigenvalue weighted by atomic mass is 16.6. The maximum atomic E-state index is 13.7. The van der Waals surface area contributed by atoms with Gasteiger partial charge in [-0.15, -0.1) is 0 Å². The number of likely N-dealkylation sites (N-methyl/N-ethyl adjacent to an activating group) is 1. The second kappa shape index (κ2) is 13.9. The van der Waals surface area contributed by atoms with E-state index in [1.165, 1.54) is 22.4 Å². The molecule has 12 nitrogen and oxygen atoms in total. The predicted molar refractivity (Wildman–Crippen MR) is 166 cm³/mol. The van der Waals surface area contributed by atoms with Gasteiger partial charge in [0.15, 0.2) is 6.33 Å². The fraction of sp³-hybridized carbons (Fsp3) is 0.469. The zero-order chi connectivity index (χ0) is 32.0. The standard InChI is InChI=1S/C32H43N7O5/c1-22(2)39(31(42)43-32(4,5)6)15-14-37(20-29(41)36(7)38-18-25-10-8-9-11-26(25)19-38)28(40)17-33-27-16-24(13-12-23(27)3)30-34-21-35-44-30/h8-13,16,21-22,33H,14-15,17-20H2,1-7H3. The summed E-state index contributed by atoms with van der Waals surface area (Å²) >= 11 is 0. The highest BCUT2D eigenvalue weighted by Gasteiger charge is 2.29. The van der Waals surface area contributed by atoms with Crippen molar-refractivity contribution in [2.75, 3.05) is 38.5 Å². The number of rotatable bonds is 11. The Morgan fingerprint density at radius 2 is 1.73 bits per heavy atom. The number of benzene rings is 2. The summed E-state index contributed by atoms with van der Waals surface area (Å²) in [5.41, 5.74) is 4.05. The minimum atomic E-state index is -0.663. The van der Waals surface area contributed by atoms with Gasteiger partial charge in [0.1, 0.15) is 12.1 Å². The van der Waals surface area contributed by atoms with Crippen molar-refractivity contribution in [1.29, 1.82) is 0 Å². The van der Waals surface area contributed by atoms with E-state index in [1.807, 2.05) is 76.9 Å². The molecule has 0 fully saturated rings. The molecule has 0 atom stereocenters. The topological polar surface area (TPSA) is 124 Å². The van der Waals surface area contributed by atoms with Gasteiger partial charge in [-0.3, -0.25) is 14.6 Å². The first kappa shape index (κ1) is 32.5. The van der Waals surface area contributed by atoms with Crippen LogP contribution in [0.3, 0.4) is 0 Å². The third-order valence-electron chi connectivity index (χ3n) is 7.43. The molecule has 1 N–H and O–H groups in total. The lowest BCUT2D eigenvalue weighted by molar-refractivity contribution is -0.151. The van der Waals surface area contributed by atoms with Gasteiger partial charge in [-0.2, -0.15) is 4.98 Å². The van der Waals surface area contributed by atoms with Crippen molar-refractivity contribution in [2.24, 2.45) is 0 Å². The number of aromatic nitrogens is 2. The average molecular weight is 606 g/mol. The van der Waals surface area contributed by atoms with E-state index in [0.717, 1.165) is 11.3 Å². The number of nitrogens with one attached hydrogen (secondary N) is 1. The van der Waals surface area contributed by atoms with Crippen molar-refractivity contribution in [1.82, 2.24) is 30.0 Å². The molecular weight excluding hydrogens is 562 g/mol. The quantitative estimate of drug-likeness (QED) is 0.340. The maximum absolute atomic E-state index is 13.7. The second-order valence-electron chi connectivity index (χ2n) is 12.2. The molecule has 2 heterocycles. The van der Waals surface area contributed by atoms with Crippen LogP contribution in [0.15, 0.2) is 53.3 Å². The van der Waals surface area contributed by atoms with Crippen molar-refractivity contribution in [3.8, 4) is 11.5 Å². The van der Waals surface area contributed by atoms with Gasteiger partial charge < -0.3 is 24.4 Å².